The zero-order valence-corrected chi connectivity index (χ0v) is 15.4. The number of hydrogen-bond donors (Lipinski definition) is 0. The molecule has 1 heterocycles. The second kappa shape index (κ2) is 6.65. The van der Waals surface area contributed by atoms with Crippen LogP contribution in [0.15, 0.2) is 53.7 Å². The van der Waals surface area contributed by atoms with Gasteiger partial charge in [-0.3, -0.25) is 0 Å². The van der Waals surface area contributed by atoms with Gasteiger partial charge >= 0.3 is 0 Å². The third kappa shape index (κ3) is 2.92. The topological polar surface area (TPSA) is 43.3 Å². The Bertz CT molecular complexity index is 819. The van der Waals surface area contributed by atoms with Crippen molar-refractivity contribution < 1.29 is 14.3 Å². The Morgan fingerprint density at radius 1 is 1.19 bits per heavy atom. The molecule has 4 rings (SSSR count). The van der Waals surface area contributed by atoms with Crippen LogP contribution in [0.2, 0.25) is 0 Å². The van der Waals surface area contributed by atoms with Gasteiger partial charge in [-0.25, -0.2) is 0 Å². The molecular weight excluding hydrogens is 328 g/mol. The van der Waals surface area contributed by atoms with Crippen molar-refractivity contribution in [2.45, 2.75) is 12.0 Å². The van der Waals surface area contributed by atoms with Gasteiger partial charge in [0.15, 0.2) is 0 Å². The summed E-state index contributed by atoms with van der Waals surface area (Å²) in [6.07, 6.45) is 0.907. The van der Waals surface area contributed by atoms with Crippen molar-refractivity contribution in [2.24, 2.45) is 11.1 Å². The van der Waals surface area contributed by atoms with Gasteiger partial charge in [-0.15, -0.1) is 0 Å². The summed E-state index contributed by atoms with van der Waals surface area (Å²) in [6, 6.07) is 16.2. The first kappa shape index (κ1) is 16.9. The monoisotopic (exact) mass is 352 g/mol. The lowest BCUT2D eigenvalue weighted by molar-refractivity contribution is 0.121. The van der Waals surface area contributed by atoms with E-state index in [0.29, 0.717) is 6.61 Å². The van der Waals surface area contributed by atoms with Gasteiger partial charge in [-0.1, -0.05) is 35.5 Å². The van der Waals surface area contributed by atoms with E-state index in [-0.39, 0.29) is 11.5 Å². The number of likely N-dealkylation sites (N-methyl/N-ethyl adjacent to an activating group) is 1. The average Bonchev–Trinajstić information content (AvgIpc) is 3.40. The van der Waals surface area contributed by atoms with Crippen molar-refractivity contribution in [2.75, 3.05) is 34.4 Å². The van der Waals surface area contributed by atoms with E-state index in [2.05, 4.69) is 34.3 Å². The molecule has 5 heteroatoms. The summed E-state index contributed by atoms with van der Waals surface area (Å²) in [5, 5.41) is 4.52. The number of ether oxygens (including phenoxy) is 2. The second-order valence-electron chi connectivity index (χ2n) is 7.09. The quantitative estimate of drug-likeness (QED) is 0.591. The minimum Gasteiger partial charge on any atom is -0.497 e. The molecule has 2 aliphatic rings. The highest BCUT2D eigenvalue weighted by Gasteiger charge is 2.64. The Kier molecular flexibility index (Phi) is 4.32. The highest BCUT2D eigenvalue weighted by molar-refractivity contribution is 6.08. The summed E-state index contributed by atoms with van der Waals surface area (Å²) in [5.74, 6) is 1.82. The van der Waals surface area contributed by atoms with Gasteiger partial charge in [-0.2, -0.15) is 0 Å². The largest absolute Gasteiger partial charge is 0.497 e. The number of benzene rings is 2. The number of hydrogen-bond acceptors (Lipinski definition) is 5. The highest BCUT2D eigenvalue weighted by atomic mass is 16.6. The fourth-order valence-corrected chi connectivity index (χ4v) is 3.53. The van der Waals surface area contributed by atoms with Gasteiger partial charge < -0.3 is 19.2 Å². The minimum atomic E-state index is -0.327. The van der Waals surface area contributed by atoms with Crippen LogP contribution < -0.4 is 9.47 Å². The normalized spacial score (nSPS) is 24.6. The van der Waals surface area contributed by atoms with Crippen molar-refractivity contribution in [3.63, 3.8) is 0 Å². The van der Waals surface area contributed by atoms with Crippen molar-refractivity contribution in [3.8, 4) is 11.5 Å². The molecule has 1 saturated carbocycles. The van der Waals surface area contributed by atoms with E-state index in [0.717, 1.165) is 35.7 Å². The number of rotatable bonds is 6. The lowest BCUT2D eigenvalue weighted by Crippen LogP contribution is -2.28. The summed E-state index contributed by atoms with van der Waals surface area (Å²) < 4.78 is 11.8. The zero-order valence-electron chi connectivity index (χ0n) is 15.4. The Balaban J connectivity index is 1.68. The summed E-state index contributed by atoms with van der Waals surface area (Å²) in [4.78, 5) is 7.72. The molecule has 26 heavy (non-hydrogen) atoms. The number of nitrogens with zero attached hydrogens (tertiary/aromatic N) is 2. The van der Waals surface area contributed by atoms with Crippen LogP contribution in [0.3, 0.4) is 0 Å². The number of fused-ring (bicyclic) bond motifs is 2. The average molecular weight is 352 g/mol. The molecule has 0 aromatic heterocycles. The van der Waals surface area contributed by atoms with Crippen LogP contribution in [0, 0.1) is 5.92 Å². The fraction of sp³-hybridized carbons (Fsp3) is 0.381. The summed E-state index contributed by atoms with van der Waals surface area (Å²) in [7, 11) is 5.71. The maximum atomic E-state index is 6.45. The van der Waals surface area contributed by atoms with Crippen molar-refractivity contribution >= 4 is 5.71 Å². The molecule has 0 saturated heterocycles. The van der Waals surface area contributed by atoms with Crippen LogP contribution in [-0.2, 0) is 10.4 Å². The molecule has 2 unspecified atom stereocenters. The maximum absolute atomic E-state index is 6.45. The molecule has 2 atom stereocenters. The molecule has 2 aromatic carbocycles. The minimum absolute atomic E-state index is 0.198. The molecule has 5 nitrogen and oxygen atoms in total. The first-order valence-electron chi connectivity index (χ1n) is 8.91. The van der Waals surface area contributed by atoms with Gasteiger partial charge in [0.1, 0.15) is 23.7 Å². The summed E-state index contributed by atoms with van der Waals surface area (Å²) in [5.41, 5.74) is 2.77. The predicted octanol–water partition coefficient (Wildman–Crippen LogP) is 3.29. The van der Waals surface area contributed by atoms with E-state index in [1.165, 1.54) is 5.56 Å². The molecule has 1 aliphatic heterocycles. The van der Waals surface area contributed by atoms with Gasteiger partial charge in [0.25, 0.3) is 0 Å². The molecule has 1 aliphatic carbocycles. The summed E-state index contributed by atoms with van der Waals surface area (Å²) >= 11 is 0. The van der Waals surface area contributed by atoms with Gasteiger partial charge in [0.05, 0.1) is 18.7 Å². The van der Waals surface area contributed by atoms with Crippen LogP contribution in [0.25, 0.3) is 0 Å². The Labute approximate surface area is 154 Å². The first-order chi connectivity index (χ1) is 12.6. The predicted molar refractivity (Wildman–Crippen MR) is 101 cm³/mol. The number of oxime groups is 1. The molecule has 0 bridgehead atoms. The van der Waals surface area contributed by atoms with Crippen LogP contribution in [0.4, 0.5) is 0 Å². The third-order valence-corrected chi connectivity index (χ3v) is 5.05. The second-order valence-corrected chi connectivity index (χ2v) is 7.09. The Hall–Kier alpha value is -2.53. The van der Waals surface area contributed by atoms with Crippen molar-refractivity contribution in [1.82, 2.24) is 4.90 Å². The molecule has 0 spiro atoms. The van der Waals surface area contributed by atoms with E-state index < -0.39 is 0 Å². The highest BCUT2D eigenvalue weighted by Crippen LogP contribution is 2.60. The van der Waals surface area contributed by atoms with E-state index >= 15 is 0 Å². The SMILES string of the molecule is COc1ccc2c(c1)C(=NOCCN(C)C)C1CC1(c1ccccc1)O2. The Morgan fingerprint density at radius 2 is 2.00 bits per heavy atom. The van der Waals surface area contributed by atoms with Gasteiger partial charge in [0, 0.05) is 18.5 Å². The van der Waals surface area contributed by atoms with Crippen LogP contribution >= 0.6 is 0 Å². The van der Waals surface area contributed by atoms with Gasteiger partial charge in [-0.05, 0) is 37.9 Å². The molecule has 0 radical (unpaired) electrons. The van der Waals surface area contributed by atoms with E-state index in [1.54, 1.807) is 7.11 Å². The van der Waals surface area contributed by atoms with Gasteiger partial charge in [0.2, 0.25) is 0 Å². The molecule has 1 fully saturated rings. The van der Waals surface area contributed by atoms with Crippen molar-refractivity contribution in [3.05, 3.63) is 59.7 Å². The van der Waals surface area contributed by atoms with E-state index in [1.807, 2.05) is 38.4 Å². The van der Waals surface area contributed by atoms with E-state index in [9.17, 15) is 0 Å². The summed E-state index contributed by atoms with van der Waals surface area (Å²) in [6.45, 7) is 1.38. The molecular formula is C21H24N2O3. The third-order valence-electron chi connectivity index (χ3n) is 5.05. The Morgan fingerprint density at radius 3 is 2.73 bits per heavy atom. The number of methoxy groups -OCH3 is 1. The molecule has 0 amide bonds. The first-order valence-corrected chi connectivity index (χ1v) is 8.91. The fourth-order valence-electron chi connectivity index (χ4n) is 3.53. The molecule has 136 valence electrons. The van der Waals surface area contributed by atoms with E-state index in [4.69, 9.17) is 14.3 Å². The van der Waals surface area contributed by atoms with Crippen LogP contribution in [0.5, 0.6) is 11.5 Å². The lowest BCUT2D eigenvalue weighted by atomic mass is 9.95. The molecule has 0 N–H and O–H groups in total. The maximum Gasteiger partial charge on any atom is 0.143 e. The van der Waals surface area contributed by atoms with Crippen molar-refractivity contribution in [1.29, 1.82) is 0 Å². The van der Waals surface area contributed by atoms with Crippen LogP contribution in [-0.4, -0.2) is 45.0 Å². The zero-order chi connectivity index (χ0) is 18.1. The molecule has 2 aromatic rings. The smallest absolute Gasteiger partial charge is 0.143 e. The van der Waals surface area contributed by atoms with Crippen LogP contribution in [0.1, 0.15) is 17.5 Å². The lowest BCUT2D eigenvalue weighted by Gasteiger charge is -2.27. The standard InChI is InChI=1S/C21H24N2O3/c1-23(2)11-12-25-22-20-17-13-16(24-3)9-10-19(17)26-21(14-18(20)21)15-7-5-4-6-8-15/h4-10,13,18H,11-12,14H2,1-3H3.